The van der Waals surface area contributed by atoms with Gasteiger partial charge in [-0.25, -0.2) is 0 Å². The number of hydrogen-bond donors (Lipinski definition) is 0. The van der Waals surface area contributed by atoms with Crippen molar-refractivity contribution in [2.24, 2.45) is 0 Å². The highest BCUT2D eigenvalue weighted by atomic mass is 16.3. The van der Waals surface area contributed by atoms with Gasteiger partial charge in [0.05, 0.1) is 5.69 Å². The third-order valence-electron chi connectivity index (χ3n) is 12.3. The summed E-state index contributed by atoms with van der Waals surface area (Å²) >= 11 is 0. The van der Waals surface area contributed by atoms with Crippen molar-refractivity contribution in [3.63, 3.8) is 0 Å². The van der Waals surface area contributed by atoms with Gasteiger partial charge in [0.2, 0.25) is 0 Å². The Morgan fingerprint density at radius 2 is 0.932 bits per heavy atom. The zero-order valence-corrected chi connectivity index (χ0v) is 33.1. The van der Waals surface area contributed by atoms with Gasteiger partial charge in [-0.2, -0.15) is 0 Å². The maximum absolute atomic E-state index is 6.30. The lowest BCUT2D eigenvalue weighted by Crippen LogP contribution is -2.15. The summed E-state index contributed by atoms with van der Waals surface area (Å²) < 4.78 is 6.30. The van der Waals surface area contributed by atoms with E-state index in [4.69, 9.17) is 4.42 Å². The van der Waals surface area contributed by atoms with Gasteiger partial charge in [0.15, 0.2) is 0 Å². The molecule has 0 radical (unpaired) electrons. The summed E-state index contributed by atoms with van der Waals surface area (Å²) in [6.07, 6.45) is 0. The fraction of sp³-hybridized carbons (Fsp3) is 0.0526. The van der Waals surface area contributed by atoms with E-state index in [0.717, 1.165) is 50.1 Å². The Morgan fingerprint density at radius 1 is 0.356 bits per heavy atom. The smallest absolute Gasteiger partial charge is 0.136 e. The van der Waals surface area contributed by atoms with Crippen LogP contribution in [0.3, 0.4) is 0 Å². The van der Waals surface area contributed by atoms with Gasteiger partial charge in [-0.3, -0.25) is 0 Å². The zero-order valence-electron chi connectivity index (χ0n) is 33.1. The number of nitrogens with zero attached hydrogens (tertiary/aromatic N) is 1. The van der Waals surface area contributed by atoms with E-state index < -0.39 is 0 Å². The van der Waals surface area contributed by atoms with E-state index in [1.54, 1.807) is 0 Å². The van der Waals surface area contributed by atoms with E-state index in [-0.39, 0.29) is 5.41 Å². The highest BCUT2D eigenvalue weighted by Gasteiger charge is 2.36. The summed E-state index contributed by atoms with van der Waals surface area (Å²) in [7, 11) is 0. The lowest BCUT2D eigenvalue weighted by Gasteiger charge is -2.31. The number of furan rings is 1. The predicted molar refractivity (Wildman–Crippen MR) is 248 cm³/mol. The van der Waals surface area contributed by atoms with Gasteiger partial charge in [0.25, 0.3) is 0 Å². The molecule has 0 unspecified atom stereocenters. The van der Waals surface area contributed by atoms with Gasteiger partial charge in [-0.05, 0) is 110 Å². The van der Waals surface area contributed by atoms with Crippen LogP contribution in [0.15, 0.2) is 217 Å². The minimum absolute atomic E-state index is 0.0924. The monoisotopic (exact) mass is 755 g/mol. The van der Waals surface area contributed by atoms with Crippen molar-refractivity contribution in [1.82, 2.24) is 0 Å². The quantitative estimate of drug-likeness (QED) is 0.161. The van der Waals surface area contributed by atoms with Crippen LogP contribution in [0.2, 0.25) is 0 Å². The SMILES string of the molecule is CC1(C)c2ccccc2-c2cc(N(c3ccc(-c4ccc5c(c4)oc4ccccc45)cc3)c3cccc(-c4ccccc4)c3-c3ccccc3-c3ccccc3)ccc21. The second-order valence-electron chi connectivity index (χ2n) is 16.1. The minimum Gasteiger partial charge on any atom is -0.456 e. The van der Waals surface area contributed by atoms with Crippen molar-refractivity contribution in [2.75, 3.05) is 4.90 Å². The molecule has 0 N–H and O–H groups in total. The van der Waals surface area contributed by atoms with Gasteiger partial charge in [-0.15, -0.1) is 0 Å². The standard InChI is InChI=1S/C57H41NO/c1-57(2)51-25-13-11-21-46(51)50-37-43(33-35-52(50)57)58(42-31-28-38(29-32-42)41-30-34-48-47-22-12-14-27-54(47)59-55(48)36-41)53-26-15-24-45(40-18-7-4-8-19-40)56(53)49-23-10-9-20-44(49)39-16-5-3-6-17-39/h3-37H,1-2H3. The third kappa shape index (κ3) is 5.79. The molecule has 0 atom stereocenters. The maximum Gasteiger partial charge on any atom is 0.136 e. The average molecular weight is 756 g/mol. The third-order valence-corrected chi connectivity index (χ3v) is 12.3. The Morgan fingerprint density at radius 3 is 1.71 bits per heavy atom. The molecular weight excluding hydrogens is 715 g/mol. The molecule has 280 valence electrons. The molecule has 0 spiro atoms. The van der Waals surface area contributed by atoms with Crippen molar-refractivity contribution < 1.29 is 4.42 Å². The Kier molecular flexibility index (Phi) is 8.20. The molecule has 0 amide bonds. The Hall–Kier alpha value is -7.42. The lowest BCUT2D eigenvalue weighted by molar-refractivity contribution is 0.660. The second kappa shape index (κ2) is 13.9. The first-order valence-electron chi connectivity index (χ1n) is 20.4. The van der Waals surface area contributed by atoms with Crippen LogP contribution in [0.4, 0.5) is 17.1 Å². The molecule has 2 heteroatoms. The Bertz CT molecular complexity index is 3170. The van der Waals surface area contributed by atoms with E-state index in [9.17, 15) is 0 Å². The second-order valence-corrected chi connectivity index (χ2v) is 16.1. The summed E-state index contributed by atoms with van der Waals surface area (Å²) in [6.45, 7) is 4.69. The molecule has 1 aromatic heterocycles. The molecule has 10 aromatic rings. The normalized spacial score (nSPS) is 12.7. The van der Waals surface area contributed by atoms with Crippen LogP contribution < -0.4 is 4.90 Å². The lowest BCUT2D eigenvalue weighted by atomic mass is 9.82. The Balaban J connectivity index is 1.14. The first-order valence-corrected chi connectivity index (χ1v) is 20.4. The molecule has 0 aliphatic heterocycles. The summed E-state index contributed by atoms with van der Waals surface area (Å²) in [5, 5.41) is 2.28. The molecule has 1 aliphatic carbocycles. The maximum atomic E-state index is 6.30. The topological polar surface area (TPSA) is 16.4 Å². The number of para-hydroxylation sites is 1. The molecule has 11 rings (SSSR count). The number of hydrogen-bond acceptors (Lipinski definition) is 2. The van der Waals surface area contributed by atoms with E-state index in [0.29, 0.717) is 0 Å². The molecule has 0 saturated carbocycles. The highest BCUT2D eigenvalue weighted by Crippen LogP contribution is 2.53. The van der Waals surface area contributed by atoms with Crippen molar-refractivity contribution in [2.45, 2.75) is 19.3 Å². The Labute approximate surface area is 345 Å². The van der Waals surface area contributed by atoms with Gasteiger partial charge < -0.3 is 9.32 Å². The molecule has 59 heavy (non-hydrogen) atoms. The molecule has 1 heterocycles. The van der Waals surface area contributed by atoms with Gasteiger partial charge in [0, 0.05) is 33.1 Å². The number of fused-ring (bicyclic) bond motifs is 6. The molecule has 0 bridgehead atoms. The van der Waals surface area contributed by atoms with Crippen molar-refractivity contribution in [3.8, 4) is 55.6 Å². The van der Waals surface area contributed by atoms with Crippen LogP contribution in [0.25, 0.3) is 77.6 Å². The molecular formula is C57H41NO. The van der Waals surface area contributed by atoms with Crippen molar-refractivity contribution in [3.05, 3.63) is 223 Å². The first-order chi connectivity index (χ1) is 29.0. The zero-order chi connectivity index (χ0) is 39.5. The van der Waals surface area contributed by atoms with Crippen molar-refractivity contribution in [1.29, 1.82) is 0 Å². The van der Waals surface area contributed by atoms with Crippen LogP contribution in [0.5, 0.6) is 0 Å². The molecule has 9 aromatic carbocycles. The van der Waals surface area contributed by atoms with Crippen LogP contribution >= 0.6 is 0 Å². The predicted octanol–water partition coefficient (Wildman–Crippen LogP) is 16.0. The summed E-state index contributed by atoms with van der Waals surface area (Å²) in [4.78, 5) is 2.46. The fourth-order valence-corrected chi connectivity index (χ4v) is 9.42. The summed E-state index contributed by atoms with van der Waals surface area (Å²) in [5.74, 6) is 0. The largest absolute Gasteiger partial charge is 0.456 e. The molecule has 1 aliphatic rings. The van der Waals surface area contributed by atoms with Gasteiger partial charge in [-0.1, -0.05) is 178 Å². The van der Waals surface area contributed by atoms with Gasteiger partial charge in [0.1, 0.15) is 11.2 Å². The molecule has 0 fully saturated rings. The van der Waals surface area contributed by atoms with E-state index >= 15 is 0 Å². The highest BCUT2D eigenvalue weighted by molar-refractivity contribution is 6.06. The first kappa shape index (κ1) is 34.8. The van der Waals surface area contributed by atoms with E-state index in [1.165, 1.54) is 55.6 Å². The minimum atomic E-state index is -0.0924. The van der Waals surface area contributed by atoms with E-state index in [2.05, 4.69) is 219 Å². The van der Waals surface area contributed by atoms with Crippen LogP contribution in [0, 0.1) is 0 Å². The van der Waals surface area contributed by atoms with Gasteiger partial charge >= 0.3 is 0 Å². The van der Waals surface area contributed by atoms with Crippen LogP contribution in [0.1, 0.15) is 25.0 Å². The van der Waals surface area contributed by atoms with Crippen molar-refractivity contribution >= 4 is 39.0 Å². The average Bonchev–Trinajstić information content (AvgIpc) is 3.78. The molecule has 0 saturated heterocycles. The summed E-state index contributed by atoms with van der Waals surface area (Å²) in [5.41, 5.74) is 19.7. The number of anilines is 3. The summed E-state index contributed by atoms with van der Waals surface area (Å²) in [6, 6.07) is 77.0. The fourth-order valence-electron chi connectivity index (χ4n) is 9.42. The molecule has 2 nitrogen and oxygen atoms in total. The van der Waals surface area contributed by atoms with Crippen LogP contribution in [-0.4, -0.2) is 0 Å². The number of benzene rings is 9. The number of rotatable bonds is 7. The van der Waals surface area contributed by atoms with E-state index in [1.807, 2.05) is 12.1 Å². The van der Waals surface area contributed by atoms with Crippen LogP contribution in [-0.2, 0) is 5.41 Å².